The van der Waals surface area contributed by atoms with E-state index in [9.17, 15) is 4.79 Å². The second kappa shape index (κ2) is 8.30. The second-order valence-corrected chi connectivity index (χ2v) is 9.74. The van der Waals surface area contributed by atoms with Gasteiger partial charge in [-0.15, -0.1) is 0 Å². The number of aliphatic hydroxyl groups excluding tert-OH is 1. The van der Waals surface area contributed by atoms with Gasteiger partial charge in [-0.25, -0.2) is 0 Å². The molecule has 1 aliphatic heterocycles. The van der Waals surface area contributed by atoms with Crippen LogP contribution in [-0.2, 0) is 4.74 Å². The van der Waals surface area contributed by atoms with Gasteiger partial charge in [-0.05, 0) is 0 Å². The van der Waals surface area contributed by atoms with Crippen LogP contribution in [0.3, 0.4) is 0 Å². The van der Waals surface area contributed by atoms with Crippen molar-refractivity contribution in [2.75, 3.05) is 13.2 Å². The van der Waals surface area contributed by atoms with Gasteiger partial charge in [-0.1, -0.05) is 0 Å². The van der Waals surface area contributed by atoms with Crippen molar-refractivity contribution in [1.82, 2.24) is 10.3 Å². The van der Waals surface area contributed by atoms with Gasteiger partial charge in [0.2, 0.25) is 0 Å². The molecule has 0 unspecified atom stereocenters. The minimum absolute atomic E-state index is 0.0193. The van der Waals surface area contributed by atoms with Crippen LogP contribution in [0.5, 0.6) is 0 Å². The van der Waals surface area contributed by atoms with E-state index in [2.05, 4.69) is 24.1 Å². The average molecular weight is 388 g/mol. The summed E-state index contributed by atoms with van der Waals surface area (Å²) in [6, 6.07) is 1.78. The topological polar surface area (TPSA) is 71.5 Å². The summed E-state index contributed by atoms with van der Waals surface area (Å²) < 4.78 is 7.02. The van der Waals surface area contributed by atoms with Crippen LogP contribution >= 0.6 is 11.6 Å². The molecule has 2 rings (SSSR count). The van der Waals surface area contributed by atoms with E-state index in [-0.39, 0.29) is 40.4 Å². The maximum absolute atomic E-state index is 12.5. The van der Waals surface area contributed by atoms with Crippen LogP contribution in [0.1, 0.15) is 37.0 Å². The third-order valence-corrected chi connectivity index (χ3v) is 6.05. The van der Waals surface area contributed by atoms with E-state index in [0.29, 0.717) is 22.0 Å². The monoisotopic (exact) mass is 387 g/mol. The first-order valence-corrected chi connectivity index (χ1v) is 9.79. The summed E-state index contributed by atoms with van der Waals surface area (Å²) in [6.07, 6.45) is 3.02. The van der Waals surface area contributed by atoms with E-state index in [1.165, 1.54) is 0 Å². The number of hydrogen-bond donors (Lipinski definition) is 2. The van der Waals surface area contributed by atoms with Crippen LogP contribution in [-0.4, -0.2) is 57.1 Å². The molecular weight excluding hydrogens is 367 g/mol. The molecule has 22 heavy (non-hydrogen) atoms. The van der Waals surface area contributed by atoms with E-state index < -0.39 is 0 Å². The number of amides is 1. The van der Waals surface area contributed by atoms with Crippen molar-refractivity contribution in [3.05, 3.63) is 23.0 Å². The van der Waals surface area contributed by atoms with Crippen molar-refractivity contribution in [3.8, 4) is 0 Å². The molecule has 7 heteroatoms. The fourth-order valence-corrected chi connectivity index (χ4v) is 4.84. The standard InChI is InChI=1S/C15H21AsClN2O3/c1-9(2)16-13-5-14(17)18-6-12(13)15(21)19-10-3-4-11(7-20)22-8-10/h5-6,9-11,20H,3-4,7-8H2,1-2H3,(H,19,21)/t10-,11+/m1/s1. The molecule has 1 aromatic rings. The normalized spacial score (nSPS) is 22.4. The maximum atomic E-state index is 12.5. The second-order valence-electron chi connectivity index (χ2n) is 5.63. The molecule has 1 aromatic heterocycles. The summed E-state index contributed by atoms with van der Waals surface area (Å²) in [6.45, 7) is 4.75. The number of carbonyl (C=O) groups excluding carboxylic acids is 1. The molecule has 0 bridgehead atoms. The van der Waals surface area contributed by atoms with E-state index in [1.807, 2.05) is 0 Å². The molecule has 1 aliphatic rings. The molecule has 1 amide bonds. The average Bonchev–Trinajstić information content (AvgIpc) is 2.47. The van der Waals surface area contributed by atoms with Crippen molar-refractivity contribution in [2.24, 2.45) is 0 Å². The molecular formula is C15H21AsClN2O3. The van der Waals surface area contributed by atoms with Gasteiger partial charge in [0, 0.05) is 0 Å². The summed E-state index contributed by atoms with van der Waals surface area (Å²) >= 11 is 5.83. The van der Waals surface area contributed by atoms with Crippen molar-refractivity contribution < 1.29 is 14.6 Å². The third-order valence-electron chi connectivity index (χ3n) is 3.40. The van der Waals surface area contributed by atoms with E-state index in [4.69, 9.17) is 21.4 Å². The summed E-state index contributed by atoms with van der Waals surface area (Å²) in [5.74, 6) is -0.119. The van der Waals surface area contributed by atoms with Gasteiger partial charge in [0.1, 0.15) is 0 Å². The van der Waals surface area contributed by atoms with Crippen LogP contribution in [0.4, 0.5) is 0 Å². The Balaban J connectivity index is 2.03. The van der Waals surface area contributed by atoms with Crippen LogP contribution in [0, 0.1) is 0 Å². The Labute approximate surface area is 142 Å². The number of halogens is 1. The summed E-state index contributed by atoms with van der Waals surface area (Å²) in [7, 11) is 0. The number of aromatic nitrogens is 1. The molecule has 1 saturated heterocycles. The van der Waals surface area contributed by atoms with Gasteiger partial charge in [0.05, 0.1) is 0 Å². The van der Waals surface area contributed by atoms with Crippen molar-refractivity contribution in [3.63, 3.8) is 0 Å². The first kappa shape index (κ1) is 17.7. The Bertz CT molecular complexity index is 520. The molecule has 121 valence electrons. The molecule has 0 saturated carbocycles. The zero-order valence-corrected chi connectivity index (χ0v) is 15.4. The van der Waals surface area contributed by atoms with E-state index in [0.717, 1.165) is 17.2 Å². The molecule has 0 aromatic carbocycles. The Morgan fingerprint density at radius 3 is 2.95 bits per heavy atom. The van der Waals surface area contributed by atoms with E-state index >= 15 is 0 Å². The van der Waals surface area contributed by atoms with Crippen LogP contribution < -0.4 is 9.67 Å². The van der Waals surface area contributed by atoms with Crippen LogP contribution in [0.2, 0.25) is 9.86 Å². The number of nitrogens with one attached hydrogen (secondary N) is 1. The molecule has 2 heterocycles. The number of ether oxygens (including phenoxy) is 1. The predicted molar refractivity (Wildman–Crippen MR) is 87.0 cm³/mol. The van der Waals surface area contributed by atoms with Crippen molar-refractivity contribution >= 4 is 37.6 Å². The number of pyridine rings is 1. The third kappa shape index (κ3) is 4.95. The van der Waals surface area contributed by atoms with Crippen molar-refractivity contribution in [1.29, 1.82) is 0 Å². The molecule has 1 fully saturated rings. The Morgan fingerprint density at radius 1 is 1.59 bits per heavy atom. The quantitative estimate of drug-likeness (QED) is 0.587. The number of aliphatic hydroxyl groups is 1. The minimum atomic E-state index is -0.132. The zero-order valence-electron chi connectivity index (χ0n) is 12.8. The fraction of sp³-hybridized carbons (Fsp3) is 0.600. The number of nitrogens with zero attached hydrogens (tertiary/aromatic N) is 1. The number of rotatable bonds is 5. The molecule has 1 radical (unpaired) electrons. The SMILES string of the molecule is CC(C)[As]c1cc(Cl)ncc1C(=O)N[C@@H]1CC[C@@H](CO)OC1. The molecule has 5 nitrogen and oxygen atoms in total. The van der Waals surface area contributed by atoms with Gasteiger partial charge >= 0.3 is 142 Å². The molecule has 2 atom stereocenters. The Morgan fingerprint density at radius 2 is 2.36 bits per heavy atom. The van der Waals surface area contributed by atoms with Gasteiger partial charge in [-0.2, -0.15) is 0 Å². The Hall–Kier alpha value is -0.612. The predicted octanol–water partition coefficient (Wildman–Crippen LogP) is 1.16. The fourth-order valence-electron chi connectivity index (χ4n) is 2.31. The summed E-state index contributed by atoms with van der Waals surface area (Å²) in [4.78, 5) is 16.5. The van der Waals surface area contributed by atoms with Crippen molar-refractivity contribution in [2.45, 2.75) is 43.5 Å². The molecule has 0 spiro atoms. The summed E-state index contributed by atoms with van der Waals surface area (Å²) in [5, 5.41) is 12.5. The molecule has 0 aliphatic carbocycles. The number of hydrogen-bond acceptors (Lipinski definition) is 4. The van der Waals surface area contributed by atoms with Gasteiger partial charge in [0.15, 0.2) is 0 Å². The van der Waals surface area contributed by atoms with Gasteiger partial charge in [0.25, 0.3) is 0 Å². The van der Waals surface area contributed by atoms with Crippen LogP contribution in [0.25, 0.3) is 0 Å². The first-order chi connectivity index (χ1) is 10.5. The first-order valence-electron chi connectivity index (χ1n) is 7.39. The summed E-state index contributed by atoms with van der Waals surface area (Å²) in [5.41, 5.74) is 0.613. The number of carbonyl (C=O) groups is 1. The Kier molecular flexibility index (Phi) is 6.69. The van der Waals surface area contributed by atoms with E-state index in [1.54, 1.807) is 12.3 Å². The van der Waals surface area contributed by atoms with Gasteiger partial charge < -0.3 is 0 Å². The zero-order chi connectivity index (χ0) is 16.1. The van der Waals surface area contributed by atoms with Crippen LogP contribution in [0.15, 0.2) is 12.3 Å². The molecule has 2 N–H and O–H groups in total. The van der Waals surface area contributed by atoms with Gasteiger partial charge in [-0.3, -0.25) is 0 Å².